The number of halogens is 3. The van der Waals surface area contributed by atoms with Crippen molar-refractivity contribution in [1.29, 1.82) is 0 Å². The van der Waals surface area contributed by atoms with Crippen LogP contribution in [0.2, 0.25) is 0 Å². The summed E-state index contributed by atoms with van der Waals surface area (Å²) in [4.78, 5) is 0. The van der Waals surface area contributed by atoms with Crippen molar-refractivity contribution >= 4 is 0 Å². The maximum absolute atomic E-state index is 13.6. The number of hydrogen-bond donors (Lipinski definition) is 1. The smallest absolute Gasteiger partial charge is 0.201 e. The van der Waals surface area contributed by atoms with Crippen LogP contribution in [-0.2, 0) is 6.54 Å². The zero-order valence-electron chi connectivity index (χ0n) is 11.2. The quantitative estimate of drug-likeness (QED) is 0.894. The van der Waals surface area contributed by atoms with Gasteiger partial charge in [-0.2, -0.15) is 4.39 Å². The van der Waals surface area contributed by atoms with E-state index in [1.165, 1.54) is 18.2 Å². The van der Waals surface area contributed by atoms with Gasteiger partial charge < -0.3 is 10.1 Å². The molecule has 1 N–H and O–H groups in total. The Hall–Kier alpha value is -2.01. The predicted molar refractivity (Wildman–Crippen MR) is 72.7 cm³/mol. The largest absolute Gasteiger partial charge is 0.454 e. The third-order valence-electron chi connectivity index (χ3n) is 3.25. The van der Waals surface area contributed by atoms with Crippen LogP contribution in [0.15, 0.2) is 36.4 Å². The summed E-state index contributed by atoms with van der Waals surface area (Å²) in [5.74, 6) is -2.68. The summed E-state index contributed by atoms with van der Waals surface area (Å²) in [6, 6.07) is 8.28. The van der Waals surface area contributed by atoms with E-state index in [1.807, 2.05) is 0 Å². The zero-order valence-corrected chi connectivity index (χ0v) is 11.2. The van der Waals surface area contributed by atoms with Gasteiger partial charge >= 0.3 is 0 Å². The predicted octanol–water partition coefficient (Wildman–Crippen LogP) is 4.15. The van der Waals surface area contributed by atoms with Crippen LogP contribution in [-0.4, -0.2) is 6.04 Å². The SMILES string of the molecule is Fc1cc(CNC2CC2)cc(Oc2cccc(F)c2F)c1. The van der Waals surface area contributed by atoms with Crippen molar-refractivity contribution in [3.8, 4) is 11.5 Å². The van der Waals surface area contributed by atoms with Crippen LogP contribution in [0.25, 0.3) is 0 Å². The van der Waals surface area contributed by atoms with Crippen LogP contribution >= 0.6 is 0 Å². The third-order valence-corrected chi connectivity index (χ3v) is 3.25. The summed E-state index contributed by atoms with van der Waals surface area (Å²) in [6.45, 7) is 0.518. The molecule has 3 rings (SSSR count). The molecule has 2 aromatic carbocycles. The Bertz CT molecular complexity index is 656. The van der Waals surface area contributed by atoms with Crippen molar-refractivity contribution < 1.29 is 17.9 Å². The molecule has 2 nitrogen and oxygen atoms in total. The van der Waals surface area contributed by atoms with Gasteiger partial charge in [0.1, 0.15) is 11.6 Å². The Morgan fingerprint density at radius 2 is 1.90 bits per heavy atom. The van der Waals surface area contributed by atoms with Crippen molar-refractivity contribution in [3.05, 3.63) is 59.4 Å². The molecule has 2 aromatic rings. The second-order valence-electron chi connectivity index (χ2n) is 5.10. The van der Waals surface area contributed by atoms with E-state index in [0.717, 1.165) is 25.0 Å². The summed E-state index contributed by atoms with van der Waals surface area (Å²) in [5, 5.41) is 3.26. The lowest BCUT2D eigenvalue weighted by Gasteiger charge is -2.10. The van der Waals surface area contributed by atoms with Gasteiger partial charge in [-0.1, -0.05) is 6.07 Å². The van der Waals surface area contributed by atoms with Gasteiger partial charge in [-0.05, 0) is 42.7 Å². The van der Waals surface area contributed by atoms with Crippen molar-refractivity contribution in [2.24, 2.45) is 0 Å². The molecule has 0 atom stereocenters. The van der Waals surface area contributed by atoms with Gasteiger partial charge in [0.2, 0.25) is 5.82 Å². The standard InChI is InChI=1S/C16H14F3NO/c17-11-6-10(9-20-12-4-5-12)7-13(8-11)21-15-3-1-2-14(18)16(15)19/h1-3,6-8,12,20H,4-5,9H2. The molecule has 0 saturated heterocycles. The normalized spacial score (nSPS) is 14.2. The molecule has 0 aromatic heterocycles. The van der Waals surface area contributed by atoms with Gasteiger partial charge in [-0.25, -0.2) is 8.78 Å². The van der Waals surface area contributed by atoms with Crippen LogP contribution in [0.4, 0.5) is 13.2 Å². The first kappa shape index (κ1) is 13.9. The zero-order chi connectivity index (χ0) is 14.8. The highest BCUT2D eigenvalue weighted by molar-refractivity contribution is 5.35. The molecule has 110 valence electrons. The average Bonchev–Trinajstić information content (AvgIpc) is 3.25. The van der Waals surface area contributed by atoms with Crippen molar-refractivity contribution in [2.45, 2.75) is 25.4 Å². The second-order valence-corrected chi connectivity index (χ2v) is 5.10. The van der Waals surface area contributed by atoms with E-state index in [1.54, 1.807) is 6.07 Å². The Kier molecular flexibility index (Phi) is 3.84. The van der Waals surface area contributed by atoms with Crippen LogP contribution < -0.4 is 10.1 Å². The minimum atomic E-state index is -1.08. The fourth-order valence-electron chi connectivity index (χ4n) is 2.02. The number of hydrogen-bond acceptors (Lipinski definition) is 2. The monoisotopic (exact) mass is 293 g/mol. The fourth-order valence-corrected chi connectivity index (χ4v) is 2.02. The number of rotatable bonds is 5. The maximum Gasteiger partial charge on any atom is 0.201 e. The molecular formula is C16H14F3NO. The lowest BCUT2D eigenvalue weighted by atomic mass is 10.2. The van der Waals surface area contributed by atoms with Crippen LogP contribution in [0.3, 0.4) is 0 Å². The molecule has 0 bridgehead atoms. The van der Waals surface area contributed by atoms with Gasteiger partial charge in [-0.3, -0.25) is 0 Å². The topological polar surface area (TPSA) is 21.3 Å². The third kappa shape index (κ3) is 3.55. The Labute approximate surface area is 120 Å². The van der Waals surface area contributed by atoms with Crippen molar-refractivity contribution in [3.63, 3.8) is 0 Å². The van der Waals surface area contributed by atoms with Crippen LogP contribution in [0.5, 0.6) is 11.5 Å². The molecule has 1 aliphatic carbocycles. The van der Waals surface area contributed by atoms with Gasteiger partial charge in [0, 0.05) is 18.7 Å². The molecule has 1 saturated carbocycles. The molecule has 5 heteroatoms. The van der Waals surface area contributed by atoms with Gasteiger partial charge in [0.15, 0.2) is 11.6 Å². The van der Waals surface area contributed by atoms with Crippen LogP contribution in [0.1, 0.15) is 18.4 Å². The lowest BCUT2D eigenvalue weighted by Crippen LogP contribution is -2.15. The Morgan fingerprint density at radius 1 is 1.10 bits per heavy atom. The average molecular weight is 293 g/mol. The highest BCUT2D eigenvalue weighted by atomic mass is 19.2. The number of benzene rings is 2. The molecule has 0 spiro atoms. The summed E-state index contributed by atoms with van der Waals surface area (Å²) in [5.41, 5.74) is 0.703. The first-order chi connectivity index (χ1) is 10.1. The molecule has 0 amide bonds. The van der Waals surface area contributed by atoms with E-state index in [2.05, 4.69) is 5.32 Å². The Morgan fingerprint density at radius 3 is 2.67 bits per heavy atom. The fraction of sp³-hybridized carbons (Fsp3) is 0.250. The number of ether oxygens (including phenoxy) is 1. The summed E-state index contributed by atoms with van der Waals surface area (Å²) in [7, 11) is 0. The van der Waals surface area contributed by atoms with E-state index in [0.29, 0.717) is 18.2 Å². The van der Waals surface area contributed by atoms with E-state index in [4.69, 9.17) is 4.74 Å². The lowest BCUT2D eigenvalue weighted by molar-refractivity contribution is 0.413. The summed E-state index contributed by atoms with van der Waals surface area (Å²) >= 11 is 0. The molecule has 0 aliphatic heterocycles. The van der Waals surface area contributed by atoms with E-state index >= 15 is 0 Å². The number of nitrogens with one attached hydrogen (secondary N) is 1. The van der Waals surface area contributed by atoms with E-state index in [9.17, 15) is 13.2 Å². The van der Waals surface area contributed by atoms with Crippen molar-refractivity contribution in [1.82, 2.24) is 5.32 Å². The molecular weight excluding hydrogens is 279 g/mol. The first-order valence-corrected chi connectivity index (χ1v) is 6.76. The molecule has 0 heterocycles. The van der Waals surface area contributed by atoms with Gasteiger partial charge in [0.05, 0.1) is 0 Å². The molecule has 1 fully saturated rings. The summed E-state index contributed by atoms with van der Waals surface area (Å²) in [6.07, 6.45) is 2.26. The molecule has 21 heavy (non-hydrogen) atoms. The minimum absolute atomic E-state index is 0.145. The summed E-state index contributed by atoms with van der Waals surface area (Å²) < 4.78 is 45.5. The molecule has 0 unspecified atom stereocenters. The van der Waals surface area contributed by atoms with Crippen molar-refractivity contribution in [2.75, 3.05) is 0 Å². The highest BCUT2D eigenvalue weighted by Crippen LogP contribution is 2.27. The van der Waals surface area contributed by atoms with E-state index in [-0.39, 0.29) is 11.5 Å². The second kappa shape index (κ2) is 5.77. The van der Waals surface area contributed by atoms with Gasteiger partial charge in [-0.15, -0.1) is 0 Å². The molecule has 0 radical (unpaired) electrons. The first-order valence-electron chi connectivity index (χ1n) is 6.76. The van der Waals surface area contributed by atoms with E-state index < -0.39 is 17.5 Å². The van der Waals surface area contributed by atoms with Gasteiger partial charge in [0.25, 0.3) is 0 Å². The maximum atomic E-state index is 13.6. The molecule has 1 aliphatic rings. The van der Waals surface area contributed by atoms with Crippen LogP contribution in [0, 0.1) is 17.5 Å². The Balaban J connectivity index is 1.78. The highest BCUT2D eigenvalue weighted by Gasteiger charge is 2.20. The minimum Gasteiger partial charge on any atom is -0.454 e.